The summed E-state index contributed by atoms with van der Waals surface area (Å²) in [5.41, 5.74) is 1.32. The Morgan fingerprint density at radius 2 is 2.05 bits per heavy atom. The first-order valence-corrected chi connectivity index (χ1v) is 8.24. The molecule has 1 aromatic rings. The molecule has 2 heterocycles. The number of rotatable bonds is 5. The third-order valence-corrected chi connectivity index (χ3v) is 4.60. The zero-order chi connectivity index (χ0) is 14.5. The van der Waals surface area contributed by atoms with E-state index in [2.05, 4.69) is 39.0 Å². The summed E-state index contributed by atoms with van der Waals surface area (Å²) in [6, 6.07) is 2.48. The van der Waals surface area contributed by atoms with Gasteiger partial charge in [0.2, 0.25) is 5.91 Å². The molecule has 4 nitrogen and oxygen atoms in total. The number of likely N-dealkylation sites (N-methyl/N-ethyl adjacent to an activating group) is 1. The summed E-state index contributed by atoms with van der Waals surface area (Å²) in [5, 5.41) is 7.40. The van der Waals surface area contributed by atoms with Gasteiger partial charge in [0.1, 0.15) is 0 Å². The van der Waals surface area contributed by atoms with Crippen LogP contribution >= 0.6 is 11.3 Å². The lowest BCUT2D eigenvalue weighted by molar-refractivity contribution is -0.124. The number of thiophene rings is 1. The molecule has 1 aliphatic heterocycles. The molecule has 1 atom stereocenters. The Bertz CT molecular complexity index is 411. The standard InChI is InChI=1S/C15H25N3OS/c1-12(2)15(19)16-10-14(13-4-9-20-11-13)18-7-5-17(3)6-8-18/h4,9,11-12,14H,5-8,10H2,1-3H3,(H,16,19)/t14-/m0/s1. The molecule has 5 heteroatoms. The third-order valence-electron chi connectivity index (χ3n) is 3.90. The number of carbonyl (C=O) groups excluding carboxylic acids is 1. The van der Waals surface area contributed by atoms with Gasteiger partial charge < -0.3 is 10.2 Å². The Labute approximate surface area is 125 Å². The number of nitrogens with one attached hydrogen (secondary N) is 1. The van der Waals surface area contributed by atoms with Crippen LogP contribution in [0.15, 0.2) is 16.8 Å². The molecule has 1 fully saturated rings. The van der Waals surface area contributed by atoms with Crippen molar-refractivity contribution in [1.29, 1.82) is 0 Å². The van der Waals surface area contributed by atoms with Gasteiger partial charge in [-0.2, -0.15) is 11.3 Å². The summed E-state index contributed by atoms with van der Waals surface area (Å²) in [6.45, 7) is 8.90. The quantitative estimate of drug-likeness (QED) is 0.900. The van der Waals surface area contributed by atoms with Gasteiger partial charge in [-0.1, -0.05) is 13.8 Å². The van der Waals surface area contributed by atoms with E-state index in [1.54, 1.807) is 11.3 Å². The van der Waals surface area contributed by atoms with Gasteiger partial charge in [0.25, 0.3) is 0 Å². The average Bonchev–Trinajstić information content (AvgIpc) is 2.94. The van der Waals surface area contributed by atoms with Crippen molar-refractivity contribution >= 4 is 17.2 Å². The van der Waals surface area contributed by atoms with Gasteiger partial charge in [-0.05, 0) is 29.4 Å². The van der Waals surface area contributed by atoms with Crippen LogP contribution in [0, 0.1) is 5.92 Å². The number of piperazine rings is 1. The second kappa shape index (κ2) is 7.20. The molecule has 0 bridgehead atoms. The molecule has 2 rings (SSSR count). The van der Waals surface area contributed by atoms with Crippen molar-refractivity contribution in [3.63, 3.8) is 0 Å². The third kappa shape index (κ3) is 4.04. The van der Waals surface area contributed by atoms with Crippen molar-refractivity contribution in [2.24, 2.45) is 5.92 Å². The smallest absolute Gasteiger partial charge is 0.222 e. The predicted octanol–water partition coefficient (Wildman–Crippen LogP) is 1.81. The van der Waals surface area contributed by atoms with Crippen molar-refractivity contribution in [3.8, 4) is 0 Å². The highest BCUT2D eigenvalue weighted by molar-refractivity contribution is 7.07. The van der Waals surface area contributed by atoms with Gasteiger partial charge in [-0.15, -0.1) is 0 Å². The largest absolute Gasteiger partial charge is 0.354 e. The summed E-state index contributed by atoms with van der Waals surface area (Å²) in [7, 11) is 2.16. The van der Waals surface area contributed by atoms with Crippen LogP contribution in [-0.4, -0.2) is 55.5 Å². The van der Waals surface area contributed by atoms with E-state index < -0.39 is 0 Å². The number of carbonyl (C=O) groups is 1. The summed E-state index contributed by atoms with van der Waals surface area (Å²) < 4.78 is 0. The number of amides is 1. The summed E-state index contributed by atoms with van der Waals surface area (Å²) in [6.07, 6.45) is 0. The lowest BCUT2D eigenvalue weighted by atomic mass is 10.1. The molecular weight excluding hydrogens is 270 g/mol. The highest BCUT2D eigenvalue weighted by Gasteiger charge is 2.24. The van der Waals surface area contributed by atoms with E-state index in [0.29, 0.717) is 12.6 Å². The molecule has 1 N–H and O–H groups in total. The topological polar surface area (TPSA) is 35.6 Å². The van der Waals surface area contributed by atoms with Gasteiger partial charge in [0.15, 0.2) is 0 Å². The van der Waals surface area contributed by atoms with Gasteiger partial charge in [-0.25, -0.2) is 0 Å². The molecule has 0 aromatic carbocycles. The lowest BCUT2D eigenvalue weighted by Crippen LogP contribution is -2.48. The molecule has 112 valence electrons. The fraction of sp³-hybridized carbons (Fsp3) is 0.667. The molecule has 0 aliphatic carbocycles. The second-order valence-corrected chi connectivity index (χ2v) is 6.59. The number of nitrogens with zero attached hydrogens (tertiary/aromatic N) is 2. The SMILES string of the molecule is CC(C)C(=O)NC[C@@H](c1ccsc1)N1CCN(C)CC1. The minimum absolute atomic E-state index is 0.0469. The molecule has 1 saturated heterocycles. The molecule has 1 amide bonds. The maximum absolute atomic E-state index is 11.8. The Hall–Kier alpha value is -0.910. The summed E-state index contributed by atoms with van der Waals surface area (Å²) >= 11 is 1.72. The van der Waals surface area contributed by atoms with Gasteiger partial charge in [0, 0.05) is 38.6 Å². The molecule has 0 spiro atoms. The molecular formula is C15H25N3OS. The molecule has 0 unspecified atom stereocenters. The Morgan fingerprint density at radius 1 is 1.35 bits per heavy atom. The van der Waals surface area contributed by atoms with Crippen molar-refractivity contribution < 1.29 is 4.79 Å². The van der Waals surface area contributed by atoms with Crippen molar-refractivity contribution in [1.82, 2.24) is 15.1 Å². The second-order valence-electron chi connectivity index (χ2n) is 5.81. The fourth-order valence-corrected chi connectivity index (χ4v) is 3.16. The number of hydrogen-bond acceptors (Lipinski definition) is 4. The normalized spacial score (nSPS) is 19.2. The van der Waals surface area contributed by atoms with Crippen LogP contribution in [0.3, 0.4) is 0 Å². The predicted molar refractivity (Wildman–Crippen MR) is 84.0 cm³/mol. The van der Waals surface area contributed by atoms with E-state index in [0.717, 1.165) is 26.2 Å². The monoisotopic (exact) mass is 295 g/mol. The molecule has 0 saturated carbocycles. The van der Waals surface area contributed by atoms with E-state index in [-0.39, 0.29) is 11.8 Å². The van der Waals surface area contributed by atoms with Crippen LogP contribution < -0.4 is 5.32 Å². The highest BCUT2D eigenvalue weighted by Crippen LogP contribution is 2.23. The van der Waals surface area contributed by atoms with Gasteiger partial charge >= 0.3 is 0 Å². The van der Waals surface area contributed by atoms with Gasteiger partial charge in [0.05, 0.1) is 6.04 Å². The Morgan fingerprint density at radius 3 is 2.60 bits per heavy atom. The van der Waals surface area contributed by atoms with E-state index in [4.69, 9.17) is 0 Å². The summed E-state index contributed by atoms with van der Waals surface area (Å²) in [5.74, 6) is 0.185. The van der Waals surface area contributed by atoms with Crippen LogP contribution in [0.4, 0.5) is 0 Å². The minimum atomic E-state index is 0.0469. The minimum Gasteiger partial charge on any atom is -0.354 e. The first kappa shape index (κ1) is 15.5. The van der Waals surface area contributed by atoms with Crippen LogP contribution in [0.25, 0.3) is 0 Å². The average molecular weight is 295 g/mol. The fourth-order valence-electron chi connectivity index (χ4n) is 2.46. The first-order chi connectivity index (χ1) is 9.58. The van der Waals surface area contributed by atoms with E-state index >= 15 is 0 Å². The molecule has 20 heavy (non-hydrogen) atoms. The Balaban J connectivity index is 2.00. The van der Waals surface area contributed by atoms with Crippen molar-refractivity contribution in [3.05, 3.63) is 22.4 Å². The van der Waals surface area contributed by atoms with Crippen molar-refractivity contribution in [2.45, 2.75) is 19.9 Å². The van der Waals surface area contributed by atoms with E-state index in [1.165, 1.54) is 5.56 Å². The van der Waals surface area contributed by atoms with Crippen LogP contribution in [0.5, 0.6) is 0 Å². The van der Waals surface area contributed by atoms with E-state index in [1.807, 2.05) is 13.8 Å². The maximum Gasteiger partial charge on any atom is 0.222 e. The first-order valence-electron chi connectivity index (χ1n) is 7.30. The summed E-state index contributed by atoms with van der Waals surface area (Å²) in [4.78, 5) is 16.7. The molecule has 1 aliphatic rings. The van der Waals surface area contributed by atoms with Crippen LogP contribution in [-0.2, 0) is 4.79 Å². The molecule has 1 aromatic heterocycles. The maximum atomic E-state index is 11.8. The number of hydrogen-bond donors (Lipinski definition) is 1. The highest BCUT2D eigenvalue weighted by atomic mass is 32.1. The van der Waals surface area contributed by atoms with Gasteiger partial charge in [-0.3, -0.25) is 9.69 Å². The Kier molecular flexibility index (Phi) is 5.57. The van der Waals surface area contributed by atoms with Crippen LogP contribution in [0.2, 0.25) is 0 Å². The lowest BCUT2D eigenvalue weighted by Gasteiger charge is -2.38. The van der Waals surface area contributed by atoms with Crippen molar-refractivity contribution in [2.75, 3.05) is 39.8 Å². The molecule has 0 radical (unpaired) electrons. The van der Waals surface area contributed by atoms with Crippen LogP contribution in [0.1, 0.15) is 25.5 Å². The zero-order valence-electron chi connectivity index (χ0n) is 12.6. The van der Waals surface area contributed by atoms with E-state index in [9.17, 15) is 4.79 Å². The zero-order valence-corrected chi connectivity index (χ0v) is 13.4.